The van der Waals surface area contributed by atoms with Crippen LogP contribution in [-0.4, -0.2) is 10.1 Å². The van der Waals surface area contributed by atoms with E-state index in [0.29, 0.717) is 6.54 Å². The molecule has 3 aromatic rings. The fraction of sp³-hybridized carbons (Fsp3) is 0.105. The fourth-order valence-corrected chi connectivity index (χ4v) is 2.43. The predicted octanol–water partition coefficient (Wildman–Crippen LogP) is 4.51. The van der Waals surface area contributed by atoms with Gasteiger partial charge in [0.1, 0.15) is 0 Å². The van der Waals surface area contributed by atoms with Gasteiger partial charge < -0.3 is 10.4 Å². The Hall–Kier alpha value is -2.36. The quantitative estimate of drug-likeness (QED) is 0.726. The molecule has 2 aromatic carbocycles. The standard InChI is InChI=1S/C19H17ClN2O/c20-18-7-3-14(4-8-18)10-22-19-9-17(11-21-12-19)16-5-1-15(13-23)2-6-16/h1-9,11-12,22-23H,10,13H2. The molecule has 0 unspecified atom stereocenters. The topological polar surface area (TPSA) is 45.2 Å². The minimum atomic E-state index is 0.0568. The molecule has 116 valence electrons. The van der Waals surface area contributed by atoms with Crippen LogP contribution in [0.2, 0.25) is 5.02 Å². The lowest BCUT2D eigenvalue weighted by Gasteiger charge is -2.09. The van der Waals surface area contributed by atoms with E-state index in [-0.39, 0.29) is 6.61 Å². The Morgan fingerprint density at radius 3 is 2.26 bits per heavy atom. The molecular formula is C19H17ClN2O. The van der Waals surface area contributed by atoms with Gasteiger partial charge in [-0.1, -0.05) is 48.0 Å². The van der Waals surface area contributed by atoms with Gasteiger partial charge >= 0.3 is 0 Å². The highest BCUT2D eigenvalue weighted by atomic mass is 35.5. The van der Waals surface area contributed by atoms with Crippen LogP contribution in [0, 0.1) is 0 Å². The van der Waals surface area contributed by atoms with Crippen molar-refractivity contribution in [1.82, 2.24) is 4.98 Å². The van der Waals surface area contributed by atoms with Crippen molar-refractivity contribution in [3.8, 4) is 11.1 Å². The van der Waals surface area contributed by atoms with Gasteiger partial charge in [0, 0.05) is 29.5 Å². The van der Waals surface area contributed by atoms with Crippen LogP contribution >= 0.6 is 11.6 Å². The van der Waals surface area contributed by atoms with Crippen LogP contribution in [0.15, 0.2) is 67.0 Å². The number of halogens is 1. The highest BCUT2D eigenvalue weighted by molar-refractivity contribution is 6.30. The van der Waals surface area contributed by atoms with E-state index in [9.17, 15) is 0 Å². The minimum Gasteiger partial charge on any atom is -0.392 e. The summed E-state index contributed by atoms with van der Waals surface area (Å²) in [5.41, 5.74) is 5.13. The Kier molecular flexibility index (Phi) is 4.91. The van der Waals surface area contributed by atoms with Gasteiger partial charge in [0.05, 0.1) is 12.3 Å². The van der Waals surface area contributed by atoms with Crippen LogP contribution < -0.4 is 5.32 Å². The normalized spacial score (nSPS) is 10.5. The van der Waals surface area contributed by atoms with Crippen LogP contribution in [0.1, 0.15) is 11.1 Å². The number of aliphatic hydroxyl groups is 1. The summed E-state index contributed by atoms with van der Waals surface area (Å²) in [7, 11) is 0. The molecule has 3 rings (SSSR count). The number of nitrogens with one attached hydrogen (secondary N) is 1. The monoisotopic (exact) mass is 324 g/mol. The van der Waals surface area contributed by atoms with Crippen molar-refractivity contribution in [2.75, 3.05) is 5.32 Å². The first kappa shape index (κ1) is 15.5. The summed E-state index contributed by atoms with van der Waals surface area (Å²) in [5.74, 6) is 0. The first-order valence-electron chi connectivity index (χ1n) is 7.38. The second-order valence-corrected chi connectivity index (χ2v) is 5.73. The molecule has 0 aliphatic carbocycles. The lowest BCUT2D eigenvalue weighted by atomic mass is 10.1. The minimum absolute atomic E-state index is 0.0568. The molecule has 0 atom stereocenters. The molecule has 1 heterocycles. The Labute approximate surface area is 140 Å². The third-order valence-corrected chi connectivity index (χ3v) is 3.87. The second-order valence-electron chi connectivity index (χ2n) is 5.30. The Morgan fingerprint density at radius 1 is 0.870 bits per heavy atom. The molecule has 0 aliphatic heterocycles. The van der Waals surface area contributed by atoms with Crippen LogP contribution in [0.4, 0.5) is 5.69 Å². The first-order chi connectivity index (χ1) is 11.2. The SMILES string of the molecule is OCc1ccc(-c2cncc(NCc3ccc(Cl)cc3)c2)cc1. The summed E-state index contributed by atoms with van der Waals surface area (Å²) in [6, 6.07) is 17.7. The molecule has 0 bridgehead atoms. The van der Waals surface area contributed by atoms with Gasteiger partial charge in [-0.15, -0.1) is 0 Å². The van der Waals surface area contributed by atoms with Crippen LogP contribution in [0.3, 0.4) is 0 Å². The number of benzene rings is 2. The van der Waals surface area contributed by atoms with Gasteiger partial charge in [0.15, 0.2) is 0 Å². The van der Waals surface area contributed by atoms with Gasteiger partial charge in [-0.3, -0.25) is 4.98 Å². The molecular weight excluding hydrogens is 308 g/mol. The molecule has 3 nitrogen and oxygen atoms in total. The third-order valence-electron chi connectivity index (χ3n) is 3.62. The molecule has 4 heteroatoms. The summed E-state index contributed by atoms with van der Waals surface area (Å²) in [6.45, 7) is 0.771. The van der Waals surface area contributed by atoms with E-state index in [1.54, 1.807) is 0 Å². The molecule has 1 aromatic heterocycles. The highest BCUT2D eigenvalue weighted by Gasteiger charge is 2.01. The number of aliphatic hydroxyl groups excluding tert-OH is 1. The number of hydrogen-bond acceptors (Lipinski definition) is 3. The molecule has 0 saturated carbocycles. The van der Waals surface area contributed by atoms with E-state index in [1.165, 1.54) is 0 Å². The summed E-state index contributed by atoms with van der Waals surface area (Å²) < 4.78 is 0. The lowest BCUT2D eigenvalue weighted by Crippen LogP contribution is -1.99. The van der Waals surface area contributed by atoms with E-state index in [2.05, 4.69) is 16.4 Å². The molecule has 0 amide bonds. The zero-order chi connectivity index (χ0) is 16.1. The number of nitrogens with zero attached hydrogens (tertiary/aromatic N) is 1. The van der Waals surface area contributed by atoms with E-state index < -0.39 is 0 Å². The summed E-state index contributed by atoms with van der Waals surface area (Å²) in [6.07, 6.45) is 3.64. The van der Waals surface area contributed by atoms with E-state index in [1.807, 2.05) is 60.9 Å². The van der Waals surface area contributed by atoms with Gasteiger partial charge in [-0.2, -0.15) is 0 Å². The van der Waals surface area contributed by atoms with E-state index >= 15 is 0 Å². The fourth-order valence-electron chi connectivity index (χ4n) is 2.30. The number of aromatic nitrogens is 1. The molecule has 2 N–H and O–H groups in total. The summed E-state index contributed by atoms with van der Waals surface area (Å²) in [5, 5.41) is 13.2. The second kappa shape index (κ2) is 7.27. The smallest absolute Gasteiger partial charge is 0.0681 e. The maximum absolute atomic E-state index is 9.11. The maximum atomic E-state index is 9.11. The van der Waals surface area contributed by atoms with Crippen molar-refractivity contribution in [2.45, 2.75) is 13.2 Å². The summed E-state index contributed by atoms with van der Waals surface area (Å²) >= 11 is 5.89. The van der Waals surface area contributed by atoms with Crippen molar-refractivity contribution in [1.29, 1.82) is 0 Å². The van der Waals surface area contributed by atoms with E-state index in [4.69, 9.17) is 16.7 Å². The maximum Gasteiger partial charge on any atom is 0.0681 e. The number of hydrogen-bond donors (Lipinski definition) is 2. The molecule has 0 saturated heterocycles. The van der Waals surface area contributed by atoms with Crippen molar-refractivity contribution < 1.29 is 5.11 Å². The van der Waals surface area contributed by atoms with Crippen molar-refractivity contribution >= 4 is 17.3 Å². The number of rotatable bonds is 5. The Bertz CT molecular complexity index is 770. The Balaban J connectivity index is 1.72. The Morgan fingerprint density at radius 2 is 1.57 bits per heavy atom. The first-order valence-corrected chi connectivity index (χ1v) is 7.76. The van der Waals surface area contributed by atoms with Gasteiger partial charge in [-0.05, 0) is 34.9 Å². The molecule has 0 radical (unpaired) electrons. The highest BCUT2D eigenvalue weighted by Crippen LogP contribution is 2.22. The van der Waals surface area contributed by atoms with Gasteiger partial charge in [-0.25, -0.2) is 0 Å². The molecule has 0 fully saturated rings. The molecule has 0 spiro atoms. The van der Waals surface area contributed by atoms with Gasteiger partial charge in [0.25, 0.3) is 0 Å². The average Bonchev–Trinajstić information content (AvgIpc) is 2.61. The van der Waals surface area contributed by atoms with Crippen LogP contribution in [0.5, 0.6) is 0 Å². The lowest BCUT2D eigenvalue weighted by molar-refractivity contribution is 0.282. The van der Waals surface area contributed by atoms with Crippen LogP contribution in [-0.2, 0) is 13.2 Å². The third kappa shape index (κ3) is 4.09. The van der Waals surface area contributed by atoms with Crippen molar-refractivity contribution in [2.24, 2.45) is 0 Å². The average molecular weight is 325 g/mol. The number of pyridine rings is 1. The van der Waals surface area contributed by atoms with E-state index in [0.717, 1.165) is 33.0 Å². The molecule has 23 heavy (non-hydrogen) atoms. The predicted molar refractivity (Wildman–Crippen MR) is 94.4 cm³/mol. The molecule has 0 aliphatic rings. The van der Waals surface area contributed by atoms with Gasteiger partial charge in [0.2, 0.25) is 0 Å². The summed E-state index contributed by atoms with van der Waals surface area (Å²) in [4.78, 5) is 4.30. The number of anilines is 1. The van der Waals surface area contributed by atoms with Crippen molar-refractivity contribution in [3.05, 3.63) is 83.1 Å². The largest absolute Gasteiger partial charge is 0.392 e. The van der Waals surface area contributed by atoms with Crippen LogP contribution in [0.25, 0.3) is 11.1 Å². The zero-order valence-electron chi connectivity index (χ0n) is 12.5. The van der Waals surface area contributed by atoms with Crippen molar-refractivity contribution in [3.63, 3.8) is 0 Å². The zero-order valence-corrected chi connectivity index (χ0v) is 13.3.